The summed E-state index contributed by atoms with van der Waals surface area (Å²) >= 11 is 7.18. The van der Waals surface area contributed by atoms with Crippen molar-refractivity contribution < 1.29 is 14.3 Å². The number of halogens is 1. The highest BCUT2D eigenvalue weighted by Crippen LogP contribution is 2.34. The molecule has 3 rings (SSSR count). The van der Waals surface area contributed by atoms with E-state index in [0.29, 0.717) is 28.1 Å². The van der Waals surface area contributed by atoms with E-state index in [0.717, 1.165) is 22.5 Å². The first kappa shape index (κ1) is 22.9. The van der Waals surface area contributed by atoms with Gasteiger partial charge >= 0.3 is 5.97 Å². The largest absolute Gasteiger partial charge is 0.466 e. The van der Waals surface area contributed by atoms with E-state index in [-0.39, 0.29) is 24.1 Å². The van der Waals surface area contributed by atoms with Gasteiger partial charge < -0.3 is 15.4 Å². The molecule has 1 heterocycles. The summed E-state index contributed by atoms with van der Waals surface area (Å²) in [5.41, 5.74) is 5.16. The molecule has 0 atom stereocenters. The summed E-state index contributed by atoms with van der Waals surface area (Å²) in [6.07, 6.45) is 1.89. The van der Waals surface area contributed by atoms with Crippen molar-refractivity contribution in [3.63, 3.8) is 0 Å². The highest BCUT2D eigenvalue weighted by Gasteiger charge is 2.17. The summed E-state index contributed by atoms with van der Waals surface area (Å²) in [6, 6.07) is 10.9. The molecule has 6 nitrogen and oxygen atoms in total. The summed E-state index contributed by atoms with van der Waals surface area (Å²) in [4.78, 5) is 29.1. The highest BCUT2D eigenvalue weighted by molar-refractivity contribution is 8.14. The molecule has 1 aliphatic rings. The fourth-order valence-electron chi connectivity index (χ4n) is 2.91. The number of anilines is 2. The second kappa shape index (κ2) is 10.5. The molecule has 8 heteroatoms. The quantitative estimate of drug-likeness (QED) is 0.550. The van der Waals surface area contributed by atoms with Gasteiger partial charge in [-0.3, -0.25) is 9.59 Å². The van der Waals surface area contributed by atoms with Crippen LogP contribution in [0.5, 0.6) is 0 Å². The number of rotatable bonds is 6. The van der Waals surface area contributed by atoms with Crippen LogP contribution in [-0.4, -0.2) is 29.3 Å². The van der Waals surface area contributed by atoms with E-state index in [1.165, 1.54) is 11.8 Å². The highest BCUT2D eigenvalue weighted by atomic mass is 35.5. The van der Waals surface area contributed by atoms with Crippen LogP contribution in [0.2, 0.25) is 5.02 Å². The van der Waals surface area contributed by atoms with Gasteiger partial charge in [-0.15, -0.1) is 0 Å². The standard InChI is InChI=1S/C23H24ClN3O3S/c1-4-30-23(29)12-18-11-22(27-20-10-15(3)14(2)9-19(20)25-18)31-13-21(28)26-17-7-5-16(24)6-8-17/h5-11,25H,4,12-13H2,1-3H3,(H,26,28). The fourth-order valence-corrected chi connectivity index (χ4v) is 3.77. The van der Waals surface area contributed by atoms with Crippen LogP contribution in [0.25, 0.3) is 0 Å². The Kier molecular flexibility index (Phi) is 7.76. The van der Waals surface area contributed by atoms with Crippen LogP contribution in [-0.2, 0) is 14.3 Å². The van der Waals surface area contributed by atoms with Gasteiger partial charge in [-0.1, -0.05) is 23.4 Å². The maximum Gasteiger partial charge on any atom is 0.311 e. The Balaban J connectivity index is 1.77. The van der Waals surface area contributed by atoms with Crippen molar-refractivity contribution in [2.24, 2.45) is 4.99 Å². The van der Waals surface area contributed by atoms with Crippen molar-refractivity contribution in [3.05, 3.63) is 64.3 Å². The molecule has 1 amide bonds. The molecule has 0 aromatic heterocycles. The van der Waals surface area contributed by atoms with E-state index in [9.17, 15) is 9.59 Å². The number of nitrogens with one attached hydrogen (secondary N) is 2. The third-order valence-corrected chi connectivity index (χ3v) is 5.72. The number of hydrogen-bond acceptors (Lipinski definition) is 6. The van der Waals surface area contributed by atoms with Crippen molar-refractivity contribution >= 4 is 57.3 Å². The minimum absolute atomic E-state index is 0.0940. The molecule has 2 aromatic carbocycles. The van der Waals surface area contributed by atoms with Gasteiger partial charge in [0.25, 0.3) is 0 Å². The second-order valence-electron chi connectivity index (χ2n) is 7.02. The van der Waals surface area contributed by atoms with Crippen LogP contribution in [0.15, 0.2) is 53.2 Å². The number of thioether (sulfide) groups is 1. The first-order valence-corrected chi connectivity index (χ1v) is 11.2. The van der Waals surface area contributed by atoms with Crippen molar-refractivity contribution in [2.75, 3.05) is 23.0 Å². The number of aryl methyl sites for hydroxylation is 2. The number of nitrogens with zero attached hydrogens (tertiary/aromatic N) is 1. The van der Waals surface area contributed by atoms with E-state index in [1.54, 1.807) is 37.3 Å². The Labute approximate surface area is 191 Å². The molecule has 2 N–H and O–H groups in total. The lowest BCUT2D eigenvalue weighted by Gasteiger charge is -2.12. The smallest absolute Gasteiger partial charge is 0.311 e. The molecule has 0 aliphatic carbocycles. The van der Waals surface area contributed by atoms with E-state index < -0.39 is 0 Å². The third-order valence-electron chi connectivity index (χ3n) is 4.55. The predicted octanol–water partition coefficient (Wildman–Crippen LogP) is 5.62. The van der Waals surface area contributed by atoms with Gasteiger partial charge in [0, 0.05) is 16.4 Å². The monoisotopic (exact) mass is 457 g/mol. The lowest BCUT2D eigenvalue weighted by molar-refractivity contribution is -0.142. The van der Waals surface area contributed by atoms with Gasteiger partial charge in [-0.25, -0.2) is 4.99 Å². The summed E-state index contributed by atoms with van der Waals surface area (Å²) in [6.45, 7) is 6.14. The van der Waals surface area contributed by atoms with Gasteiger partial charge in [0.15, 0.2) is 0 Å². The topological polar surface area (TPSA) is 79.8 Å². The molecule has 1 aliphatic heterocycles. The molecule has 0 saturated heterocycles. The SMILES string of the molecule is CCOC(=O)CC1=CC(SCC(=O)Nc2ccc(Cl)cc2)=Nc2cc(C)c(C)cc2N1. The summed E-state index contributed by atoms with van der Waals surface area (Å²) < 4.78 is 5.08. The van der Waals surface area contributed by atoms with Gasteiger partial charge in [0.2, 0.25) is 5.91 Å². The first-order chi connectivity index (χ1) is 14.8. The molecular formula is C23H24ClN3O3S. The number of ether oxygens (including phenoxy) is 1. The van der Waals surface area contributed by atoms with Crippen LogP contribution >= 0.6 is 23.4 Å². The van der Waals surface area contributed by atoms with Crippen LogP contribution in [0.1, 0.15) is 24.5 Å². The zero-order chi connectivity index (χ0) is 22.4. The number of esters is 1. The Morgan fingerprint density at radius 2 is 1.87 bits per heavy atom. The molecule has 0 spiro atoms. The summed E-state index contributed by atoms with van der Waals surface area (Å²) in [7, 11) is 0. The van der Waals surface area contributed by atoms with Crippen molar-refractivity contribution in [1.82, 2.24) is 0 Å². The van der Waals surface area contributed by atoms with Gasteiger partial charge in [0.05, 0.1) is 35.2 Å². The molecule has 31 heavy (non-hydrogen) atoms. The molecule has 162 valence electrons. The molecule has 0 saturated carbocycles. The molecule has 0 unspecified atom stereocenters. The van der Waals surface area contributed by atoms with Gasteiger partial charge in [0.1, 0.15) is 0 Å². The predicted molar refractivity (Wildman–Crippen MR) is 129 cm³/mol. The van der Waals surface area contributed by atoms with Crippen LogP contribution < -0.4 is 10.6 Å². The average Bonchev–Trinajstić information content (AvgIpc) is 2.87. The Hall–Kier alpha value is -2.77. The first-order valence-electron chi connectivity index (χ1n) is 9.85. The number of hydrogen-bond donors (Lipinski definition) is 2. The number of carbonyl (C=O) groups excluding carboxylic acids is 2. The normalized spacial score (nSPS) is 12.6. The lowest BCUT2D eigenvalue weighted by atomic mass is 10.1. The van der Waals surface area contributed by atoms with Crippen molar-refractivity contribution in [2.45, 2.75) is 27.2 Å². The fraction of sp³-hybridized carbons (Fsp3) is 0.261. The van der Waals surface area contributed by atoms with E-state index in [1.807, 2.05) is 26.0 Å². The number of benzene rings is 2. The zero-order valence-corrected chi connectivity index (χ0v) is 19.2. The number of fused-ring (bicyclic) bond motifs is 1. The van der Waals surface area contributed by atoms with Crippen LogP contribution in [0, 0.1) is 13.8 Å². The van der Waals surface area contributed by atoms with E-state index in [4.69, 9.17) is 21.3 Å². The van der Waals surface area contributed by atoms with Crippen molar-refractivity contribution in [1.29, 1.82) is 0 Å². The number of carbonyl (C=O) groups is 2. The van der Waals surface area contributed by atoms with Crippen molar-refractivity contribution in [3.8, 4) is 0 Å². The summed E-state index contributed by atoms with van der Waals surface area (Å²) in [5, 5.41) is 7.38. The lowest BCUT2D eigenvalue weighted by Crippen LogP contribution is -2.15. The molecule has 0 fully saturated rings. The molecule has 0 bridgehead atoms. The van der Waals surface area contributed by atoms with Gasteiger partial charge in [-0.2, -0.15) is 0 Å². The minimum Gasteiger partial charge on any atom is -0.466 e. The Morgan fingerprint density at radius 1 is 1.16 bits per heavy atom. The van der Waals surface area contributed by atoms with Crippen LogP contribution in [0.3, 0.4) is 0 Å². The summed E-state index contributed by atoms with van der Waals surface area (Å²) in [5.74, 6) is -0.309. The third kappa shape index (κ3) is 6.60. The molecular weight excluding hydrogens is 434 g/mol. The second-order valence-corrected chi connectivity index (χ2v) is 8.46. The molecule has 2 aromatic rings. The van der Waals surface area contributed by atoms with Gasteiger partial charge in [-0.05, 0) is 74.4 Å². The zero-order valence-electron chi connectivity index (χ0n) is 17.6. The number of aliphatic imine (C=N–C) groups is 1. The Morgan fingerprint density at radius 3 is 2.58 bits per heavy atom. The molecule has 0 radical (unpaired) electrons. The minimum atomic E-state index is -0.321. The maximum atomic E-state index is 12.4. The Bertz CT molecular complexity index is 1050. The van der Waals surface area contributed by atoms with E-state index in [2.05, 4.69) is 10.6 Å². The maximum absolute atomic E-state index is 12.4. The van der Waals surface area contributed by atoms with Crippen LogP contribution in [0.4, 0.5) is 17.1 Å². The average molecular weight is 458 g/mol. The number of amides is 1. The van der Waals surface area contributed by atoms with E-state index >= 15 is 0 Å².